The molecule has 0 amide bonds. The van der Waals surface area contributed by atoms with Crippen LogP contribution in [0.4, 0.5) is 4.39 Å². The molecule has 0 N–H and O–H groups in total. The maximum absolute atomic E-state index is 13.3. The summed E-state index contributed by atoms with van der Waals surface area (Å²) in [4.78, 5) is 0. The second kappa shape index (κ2) is 7.93. The van der Waals surface area contributed by atoms with Gasteiger partial charge < -0.3 is 0 Å². The highest BCUT2D eigenvalue weighted by molar-refractivity contribution is 5.35. The number of hydrogen-bond donors (Lipinski definition) is 0. The van der Waals surface area contributed by atoms with E-state index in [0.29, 0.717) is 24.8 Å². The molecule has 0 aliphatic heterocycles. The SMILES string of the molecule is C=C(C)/C(=C\C)CC#C/C(CC)=C(/F)CC. The topological polar surface area (TPSA) is 0 Å². The van der Waals surface area contributed by atoms with Crippen LogP contribution in [0.3, 0.4) is 0 Å². The van der Waals surface area contributed by atoms with Gasteiger partial charge in [-0.15, -0.1) is 0 Å². The summed E-state index contributed by atoms with van der Waals surface area (Å²) in [7, 11) is 0. The summed E-state index contributed by atoms with van der Waals surface area (Å²) in [5.41, 5.74) is 2.77. The van der Waals surface area contributed by atoms with Crippen LogP contribution in [0.25, 0.3) is 0 Å². The fraction of sp³-hybridized carbons (Fsp3) is 0.467. The zero-order chi connectivity index (χ0) is 12.6. The van der Waals surface area contributed by atoms with Crippen LogP contribution in [-0.2, 0) is 0 Å². The van der Waals surface area contributed by atoms with Crippen molar-refractivity contribution in [3.05, 3.63) is 35.2 Å². The van der Waals surface area contributed by atoms with Gasteiger partial charge in [0.1, 0.15) is 5.83 Å². The first kappa shape index (κ1) is 14.7. The van der Waals surface area contributed by atoms with Crippen LogP contribution in [0, 0.1) is 11.8 Å². The van der Waals surface area contributed by atoms with Crippen molar-refractivity contribution in [2.75, 3.05) is 0 Å². The molecule has 0 spiro atoms. The molecule has 0 fully saturated rings. The van der Waals surface area contributed by atoms with E-state index in [1.807, 2.05) is 26.8 Å². The van der Waals surface area contributed by atoms with E-state index >= 15 is 0 Å². The van der Waals surface area contributed by atoms with Gasteiger partial charge in [0, 0.05) is 12.0 Å². The Kier molecular flexibility index (Phi) is 7.29. The van der Waals surface area contributed by atoms with E-state index in [9.17, 15) is 4.39 Å². The first-order chi connectivity index (χ1) is 7.56. The molecule has 0 radical (unpaired) electrons. The Labute approximate surface area is 98.9 Å². The second-order valence-corrected chi connectivity index (χ2v) is 3.66. The predicted octanol–water partition coefficient (Wildman–Crippen LogP) is 4.95. The Hall–Kier alpha value is -1.29. The van der Waals surface area contributed by atoms with Gasteiger partial charge in [-0.3, -0.25) is 0 Å². The van der Waals surface area contributed by atoms with Crippen LogP contribution in [0.1, 0.15) is 47.0 Å². The van der Waals surface area contributed by atoms with Crippen LogP contribution in [0.5, 0.6) is 0 Å². The van der Waals surface area contributed by atoms with Crippen molar-refractivity contribution in [1.82, 2.24) is 0 Å². The van der Waals surface area contributed by atoms with Crippen molar-refractivity contribution in [2.24, 2.45) is 0 Å². The summed E-state index contributed by atoms with van der Waals surface area (Å²) < 4.78 is 13.3. The monoisotopic (exact) mass is 220 g/mol. The van der Waals surface area contributed by atoms with Gasteiger partial charge in [0.25, 0.3) is 0 Å². The van der Waals surface area contributed by atoms with E-state index in [-0.39, 0.29) is 5.83 Å². The molecule has 0 aliphatic carbocycles. The summed E-state index contributed by atoms with van der Waals surface area (Å²) >= 11 is 0. The Morgan fingerprint density at radius 3 is 2.31 bits per heavy atom. The molecule has 0 saturated carbocycles. The maximum atomic E-state index is 13.3. The lowest BCUT2D eigenvalue weighted by atomic mass is 10.1. The lowest BCUT2D eigenvalue weighted by Gasteiger charge is -2.00. The lowest BCUT2D eigenvalue weighted by molar-refractivity contribution is 0.592. The van der Waals surface area contributed by atoms with E-state index < -0.39 is 0 Å². The zero-order valence-electron chi connectivity index (χ0n) is 10.8. The molecule has 0 heterocycles. The fourth-order valence-electron chi connectivity index (χ4n) is 1.31. The van der Waals surface area contributed by atoms with Crippen LogP contribution in [0.15, 0.2) is 35.2 Å². The zero-order valence-corrected chi connectivity index (χ0v) is 10.8. The fourth-order valence-corrected chi connectivity index (χ4v) is 1.31. The van der Waals surface area contributed by atoms with Crippen molar-refractivity contribution in [3.63, 3.8) is 0 Å². The van der Waals surface area contributed by atoms with Crippen LogP contribution in [0.2, 0.25) is 0 Å². The molecule has 0 aliphatic rings. The molecular formula is C15H21F. The van der Waals surface area contributed by atoms with E-state index in [1.165, 1.54) is 0 Å². The maximum Gasteiger partial charge on any atom is 0.111 e. The van der Waals surface area contributed by atoms with Gasteiger partial charge in [-0.1, -0.05) is 43.9 Å². The van der Waals surface area contributed by atoms with Gasteiger partial charge >= 0.3 is 0 Å². The largest absolute Gasteiger partial charge is 0.211 e. The average molecular weight is 220 g/mol. The van der Waals surface area contributed by atoms with E-state index in [1.54, 1.807) is 6.92 Å². The molecule has 0 atom stereocenters. The van der Waals surface area contributed by atoms with Crippen LogP contribution >= 0.6 is 0 Å². The van der Waals surface area contributed by atoms with Crippen molar-refractivity contribution in [2.45, 2.75) is 47.0 Å². The lowest BCUT2D eigenvalue weighted by Crippen LogP contribution is -1.84. The van der Waals surface area contributed by atoms with E-state index in [4.69, 9.17) is 0 Å². The summed E-state index contributed by atoms with van der Waals surface area (Å²) in [5, 5.41) is 0. The Morgan fingerprint density at radius 2 is 1.94 bits per heavy atom. The normalized spacial score (nSPS) is 12.7. The van der Waals surface area contributed by atoms with Crippen molar-refractivity contribution in [1.29, 1.82) is 0 Å². The van der Waals surface area contributed by atoms with Crippen molar-refractivity contribution < 1.29 is 4.39 Å². The molecule has 0 nitrogen and oxygen atoms in total. The van der Waals surface area contributed by atoms with E-state index in [0.717, 1.165) is 11.1 Å². The van der Waals surface area contributed by atoms with Gasteiger partial charge in [0.15, 0.2) is 0 Å². The third-order valence-corrected chi connectivity index (χ3v) is 2.41. The molecular weight excluding hydrogens is 199 g/mol. The molecule has 0 unspecified atom stereocenters. The third-order valence-electron chi connectivity index (χ3n) is 2.41. The number of allylic oxidation sites excluding steroid dienone is 5. The van der Waals surface area contributed by atoms with Crippen molar-refractivity contribution in [3.8, 4) is 11.8 Å². The summed E-state index contributed by atoms with van der Waals surface area (Å²) in [6.07, 6.45) is 3.73. The van der Waals surface area contributed by atoms with Crippen LogP contribution < -0.4 is 0 Å². The highest BCUT2D eigenvalue weighted by atomic mass is 19.1. The molecule has 88 valence electrons. The predicted molar refractivity (Wildman–Crippen MR) is 69.7 cm³/mol. The summed E-state index contributed by atoms with van der Waals surface area (Å²) in [6, 6.07) is 0. The average Bonchev–Trinajstić information content (AvgIpc) is 2.28. The molecule has 0 saturated heterocycles. The van der Waals surface area contributed by atoms with Gasteiger partial charge in [-0.2, -0.15) is 0 Å². The number of hydrogen-bond acceptors (Lipinski definition) is 0. The first-order valence-electron chi connectivity index (χ1n) is 5.74. The van der Waals surface area contributed by atoms with Gasteiger partial charge in [0.05, 0.1) is 0 Å². The minimum absolute atomic E-state index is 0.0904. The van der Waals surface area contributed by atoms with Gasteiger partial charge in [-0.25, -0.2) is 4.39 Å². The van der Waals surface area contributed by atoms with Gasteiger partial charge in [0.2, 0.25) is 0 Å². The molecule has 0 bridgehead atoms. The molecule has 0 aromatic rings. The number of halogens is 1. The smallest absolute Gasteiger partial charge is 0.111 e. The standard InChI is InChI=1S/C15H21F/c1-6-13(12(4)5)10-9-11-14(7-2)15(16)8-3/h6H,4,7-8,10H2,1-3,5H3/b13-6-,15-14+. The minimum Gasteiger partial charge on any atom is -0.211 e. The first-order valence-corrected chi connectivity index (χ1v) is 5.74. The van der Waals surface area contributed by atoms with Crippen LogP contribution in [-0.4, -0.2) is 0 Å². The molecule has 0 aromatic heterocycles. The van der Waals surface area contributed by atoms with E-state index in [2.05, 4.69) is 18.4 Å². The molecule has 1 heteroatoms. The quantitative estimate of drug-likeness (QED) is 0.464. The summed E-state index contributed by atoms with van der Waals surface area (Å²) in [5.74, 6) is 5.83. The Bertz CT molecular complexity index is 359. The highest BCUT2D eigenvalue weighted by Gasteiger charge is 1.98. The third kappa shape index (κ3) is 4.98. The van der Waals surface area contributed by atoms with Gasteiger partial charge in [-0.05, 0) is 32.3 Å². The minimum atomic E-state index is -0.0904. The Morgan fingerprint density at radius 1 is 1.31 bits per heavy atom. The Balaban J connectivity index is 4.69. The highest BCUT2D eigenvalue weighted by Crippen LogP contribution is 2.14. The summed E-state index contributed by atoms with van der Waals surface area (Å²) in [6.45, 7) is 11.5. The second-order valence-electron chi connectivity index (χ2n) is 3.66. The van der Waals surface area contributed by atoms with Crippen molar-refractivity contribution >= 4 is 0 Å². The number of rotatable bonds is 4. The molecule has 16 heavy (non-hydrogen) atoms. The molecule has 0 aromatic carbocycles. The molecule has 0 rings (SSSR count).